The fourth-order valence-corrected chi connectivity index (χ4v) is 4.79. The maximum absolute atomic E-state index is 12.3. The number of nitrogens with one attached hydrogen (secondary N) is 1. The maximum Gasteiger partial charge on any atom is 0.254 e. The lowest BCUT2D eigenvalue weighted by Crippen LogP contribution is -2.26. The van der Waals surface area contributed by atoms with Gasteiger partial charge in [0, 0.05) is 11.5 Å². The van der Waals surface area contributed by atoms with Gasteiger partial charge in [-0.3, -0.25) is 4.79 Å². The molecule has 2 atom stereocenters. The van der Waals surface area contributed by atoms with Crippen molar-refractivity contribution >= 4 is 22.2 Å². The number of amides is 1. The minimum atomic E-state index is -0.358. The van der Waals surface area contributed by atoms with E-state index in [4.69, 9.17) is 4.74 Å². The molecule has 0 aromatic carbocycles. The van der Waals surface area contributed by atoms with Crippen LogP contribution in [-0.2, 0) is 22.4 Å². The normalized spacial score (nSPS) is 24.1. The van der Waals surface area contributed by atoms with Crippen molar-refractivity contribution in [3.63, 3.8) is 0 Å². The molecule has 1 amide bonds. The first-order chi connectivity index (χ1) is 10.9. The summed E-state index contributed by atoms with van der Waals surface area (Å²) >= 11 is 1.58. The zero-order valence-electron chi connectivity index (χ0n) is 14.1. The smallest absolute Gasteiger partial charge is 0.254 e. The maximum atomic E-state index is 12.3. The Bertz CT molecular complexity index is 645. The number of ether oxygens (including phenoxy) is 1. The molecule has 0 radical (unpaired) electrons. The van der Waals surface area contributed by atoms with Crippen LogP contribution in [0.1, 0.15) is 56.0 Å². The van der Waals surface area contributed by atoms with Crippen LogP contribution in [0.25, 0.3) is 0 Å². The Morgan fingerprint density at radius 1 is 1.39 bits per heavy atom. The molecule has 1 aromatic rings. The first-order valence-corrected chi connectivity index (χ1v) is 9.19. The Labute approximate surface area is 141 Å². The van der Waals surface area contributed by atoms with Gasteiger partial charge in [-0.05, 0) is 49.0 Å². The molecule has 0 spiro atoms. The summed E-state index contributed by atoms with van der Waals surface area (Å²) in [5, 5.41) is 13.2. The summed E-state index contributed by atoms with van der Waals surface area (Å²) in [6.07, 6.45) is 4.40. The lowest BCUT2D eigenvalue weighted by molar-refractivity contribution is -0.124. The highest BCUT2D eigenvalue weighted by molar-refractivity contribution is 7.16. The minimum Gasteiger partial charge on any atom is -0.368 e. The molecule has 1 N–H and O–H groups in total. The van der Waals surface area contributed by atoms with E-state index in [1.54, 1.807) is 11.3 Å². The molecule has 2 aliphatic rings. The Hall–Kier alpha value is -1.38. The van der Waals surface area contributed by atoms with Gasteiger partial charge in [0.15, 0.2) is 0 Å². The summed E-state index contributed by atoms with van der Waals surface area (Å²) in [6, 6.07) is 2.31. The Morgan fingerprint density at radius 3 is 2.78 bits per heavy atom. The molecule has 4 nitrogen and oxygen atoms in total. The average molecular weight is 332 g/mol. The fourth-order valence-electron chi connectivity index (χ4n) is 3.51. The molecule has 0 saturated carbocycles. The third-order valence-corrected chi connectivity index (χ3v) is 6.23. The first-order valence-electron chi connectivity index (χ1n) is 8.37. The van der Waals surface area contributed by atoms with E-state index in [9.17, 15) is 10.1 Å². The minimum absolute atomic E-state index is 0.107. The van der Waals surface area contributed by atoms with Crippen LogP contribution < -0.4 is 5.32 Å². The predicted octanol–water partition coefficient (Wildman–Crippen LogP) is 3.89. The molecule has 1 saturated heterocycles. The number of nitriles is 1. The van der Waals surface area contributed by atoms with Crippen LogP contribution >= 0.6 is 11.3 Å². The third kappa shape index (κ3) is 3.29. The van der Waals surface area contributed by atoms with Crippen LogP contribution in [0.5, 0.6) is 0 Å². The number of carbonyl (C=O) groups excluding carboxylic acids is 1. The number of thiophene rings is 1. The third-order valence-electron chi connectivity index (χ3n) is 5.06. The summed E-state index contributed by atoms with van der Waals surface area (Å²) in [4.78, 5) is 13.6. The molecule has 0 unspecified atom stereocenters. The van der Waals surface area contributed by atoms with E-state index >= 15 is 0 Å². The van der Waals surface area contributed by atoms with Crippen molar-refractivity contribution in [1.82, 2.24) is 0 Å². The monoisotopic (exact) mass is 332 g/mol. The molecule has 3 rings (SSSR count). The average Bonchev–Trinajstić information content (AvgIpc) is 3.12. The predicted molar refractivity (Wildman–Crippen MR) is 91.6 cm³/mol. The van der Waals surface area contributed by atoms with Gasteiger partial charge in [-0.15, -0.1) is 11.3 Å². The molecule has 1 aliphatic heterocycles. The van der Waals surface area contributed by atoms with E-state index in [0.717, 1.165) is 37.7 Å². The first kappa shape index (κ1) is 16.5. The highest BCUT2D eigenvalue weighted by atomic mass is 32.1. The zero-order valence-corrected chi connectivity index (χ0v) is 14.9. The van der Waals surface area contributed by atoms with E-state index in [-0.39, 0.29) is 17.4 Å². The second-order valence-corrected chi connectivity index (χ2v) is 8.72. The molecule has 5 heteroatoms. The second-order valence-electron chi connectivity index (χ2n) is 7.62. The van der Waals surface area contributed by atoms with Gasteiger partial charge in [-0.2, -0.15) is 5.26 Å². The van der Waals surface area contributed by atoms with E-state index < -0.39 is 0 Å². The van der Waals surface area contributed by atoms with Gasteiger partial charge in [0.25, 0.3) is 5.91 Å². The van der Waals surface area contributed by atoms with Crippen molar-refractivity contribution in [3.8, 4) is 6.07 Å². The van der Waals surface area contributed by atoms with Crippen molar-refractivity contribution in [1.29, 1.82) is 5.26 Å². The van der Waals surface area contributed by atoms with Crippen molar-refractivity contribution < 1.29 is 9.53 Å². The Kier molecular flexibility index (Phi) is 4.48. The molecule has 2 heterocycles. The van der Waals surface area contributed by atoms with Crippen LogP contribution in [0.3, 0.4) is 0 Å². The van der Waals surface area contributed by atoms with Crippen LogP contribution in [0.4, 0.5) is 5.00 Å². The molecular formula is C18H24N2O2S. The molecule has 0 bridgehead atoms. The number of hydrogen-bond donors (Lipinski definition) is 1. The number of carbonyl (C=O) groups is 1. The van der Waals surface area contributed by atoms with Crippen molar-refractivity contribution in [2.24, 2.45) is 11.3 Å². The topological polar surface area (TPSA) is 62.1 Å². The molecular weight excluding hydrogens is 308 g/mol. The Morgan fingerprint density at radius 2 is 2.17 bits per heavy atom. The number of hydrogen-bond acceptors (Lipinski definition) is 4. The van der Waals surface area contributed by atoms with E-state index in [1.165, 1.54) is 4.88 Å². The standard InChI is InChI=1S/C18H24N2O2S/c1-18(2,3)11-6-7-12-13(10-19)17(23-15(12)9-11)20-16(21)14-5-4-8-22-14/h11,14H,4-9H2,1-3H3,(H,20,21)/t11-,14-/m1/s1. The lowest BCUT2D eigenvalue weighted by atomic mass is 9.72. The quantitative estimate of drug-likeness (QED) is 0.894. The zero-order chi connectivity index (χ0) is 16.6. The van der Waals surface area contributed by atoms with Crippen molar-refractivity contribution in [2.75, 3.05) is 11.9 Å². The molecule has 1 aromatic heterocycles. The molecule has 1 fully saturated rings. The highest BCUT2D eigenvalue weighted by Gasteiger charge is 2.33. The van der Waals surface area contributed by atoms with Gasteiger partial charge in [-0.1, -0.05) is 20.8 Å². The lowest BCUT2D eigenvalue weighted by Gasteiger charge is -2.33. The summed E-state index contributed by atoms with van der Waals surface area (Å²) in [7, 11) is 0. The summed E-state index contributed by atoms with van der Waals surface area (Å²) in [5.41, 5.74) is 2.10. The van der Waals surface area contributed by atoms with Crippen LogP contribution in [-0.4, -0.2) is 18.6 Å². The Balaban J connectivity index is 1.82. The summed E-state index contributed by atoms with van der Waals surface area (Å²) in [6.45, 7) is 7.49. The van der Waals surface area contributed by atoms with Gasteiger partial charge < -0.3 is 10.1 Å². The number of nitrogens with zero attached hydrogens (tertiary/aromatic N) is 1. The van der Waals surface area contributed by atoms with Gasteiger partial charge >= 0.3 is 0 Å². The number of rotatable bonds is 2. The highest BCUT2D eigenvalue weighted by Crippen LogP contribution is 2.44. The van der Waals surface area contributed by atoms with Crippen molar-refractivity contribution in [2.45, 2.75) is 59.0 Å². The van der Waals surface area contributed by atoms with Gasteiger partial charge in [0.1, 0.15) is 17.2 Å². The van der Waals surface area contributed by atoms with Gasteiger partial charge in [-0.25, -0.2) is 0 Å². The van der Waals surface area contributed by atoms with E-state index in [0.29, 0.717) is 23.1 Å². The van der Waals surface area contributed by atoms with Crippen molar-refractivity contribution in [3.05, 3.63) is 16.0 Å². The number of fused-ring (bicyclic) bond motifs is 1. The van der Waals surface area contributed by atoms with Crippen LogP contribution in [0.2, 0.25) is 0 Å². The van der Waals surface area contributed by atoms with E-state index in [1.807, 2.05) is 0 Å². The molecule has 124 valence electrons. The fraction of sp³-hybridized carbons (Fsp3) is 0.667. The molecule has 1 aliphatic carbocycles. The van der Waals surface area contributed by atoms with Gasteiger partial charge in [0.05, 0.1) is 5.56 Å². The van der Waals surface area contributed by atoms with E-state index in [2.05, 4.69) is 32.2 Å². The number of anilines is 1. The van der Waals surface area contributed by atoms with Crippen LogP contribution in [0, 0.1) is 22.7 Å². The largest absolute Gasteiger partial charge is 0.368 e. The second kappa shape index (κ2) is 6.26. The summed E-state index contributed by atoms with van der Waals surface area (Å²) < 4.78 is 5.43. The van der Waals surface area contributed by atoms with Crippen LogP contribution in [0.15, 0.2) is 0 Å². The van der Waals surface area contributed by atoms with Gasteiger partial charge in [0.2, 0.25) is 0 Å². The summed E-state index contributed by atoms with van der Waals surface area (Å²) in [5.74, 6) is 0.520. The molecule has 23 heavy (non-hydrogen) atoms. The SMILES string of the molecule is CC(C)(C)[C@@H]1CCc2c(sc(NC(=O)[C@H]3CCCO3)c2C#N)C1.